The third-order valence-corrected chi connectivity index (χ3v) is 1.13. The Balaban J connectivity index is 2.66. The van der Waals surface area contributed by atoms with Crippen LogP contribution in [-0.2, 0) is 0 Å². The first-order valence-corrected chi connectivity index (χ1v) is 3.14. The second kappa shape index (κ2) is 3.39. The molecule has 0 saturated heterocycles. The van der Waals surface area contributed by atoms with E-state index in [2.05, 4.69) is 9.97 Å². The number of aliphatic hydroxyl groups excluding tert-OH is 1. The molecule has 4 heteroatoms. The largest absolute Gasteiger partial charge is 0.364 e. The molecule has 1 unspecified atom stereocenters. The zero-order chi connectivity index (χ0) is 8.27. The Labute approximate surface area is 63.9 Å². The molecular formula is C7H8FN2O. The van der Waals surface area contributed by atoms with Crippen LogP contribution in [0.4, 0.5) is 4.39 Å². The highest BCUT2D eigenvalue weighted by molar-refractivity contribution is 5.15. The summed E-state index contributed by atoms with van der Waals surface area (Å²) in [6.45, 7) is 1.73. The van der Waals surface area contributed by atoms with Crippen LogP contribution in [0.1, 0.15) is 11.4 Å². The Morgan fingerprint density at radius 3 is 2.55 bits per heavy atom. The summed E-state index contributed by atoms with van der Waals surface area (Å²) in [4.78, 5) is 7.62. The van der Waals surface area contributed by atoms with Gasteiger partial charge in [0, 0.05) is 12.4 Å². The molecule has 0 spiro atoms. The van der Waals surface area contributed by atoms with E-state index in [1.54, 1.807) is 6.92 Å². The fraction of sp³-hybridized carbons (Fsp3) is 0.286. The van der Waals surface area contributed by atoms with Crippen molar-refractivity contribution in [3.8, 4) is 0 Å². The van der Waals surface area contributed by atoms with E-state index in [1.807, 2.05) is 0 Å². The summed E-state index contributed by atoms with van der Waals surface area (Å²) in [7, 11) is 0. The van der Waals surface area contributed by atoms with Crippen LogP contribution in [0.5, 0.6) is 0 Å². The van der Waals surface area contributed by atoms with Crippen molar-refractivity contribution in [3.63, 3.8) is 0 Å². The molecule has 1 aromatic rings. The van der Waals surface area contributed by atoms with Gasteiger partial charge in [-0.15, -0.1) is 0 Å². The number of alkyl halides is 1. The molecule has 1 rings (SSSR count). The van der Waals surface area contributed by atoms with Gasteiger partial charge in [0.15, 0.2) is 0 Å². The number of aliphatic hydroxyl groups is 1. The lowest BCUT2D eigenvalue weighted by atomic mass is 10.2. The van der Waals surface area contributed by atoms with Crippen LogP contribution < -0.4 is 0 Å². The second-order valence-electron chi connectivity index (χ2n) is 2.10. The maximum absolute atomic E-state index is 11.9. The smallest absolute Gasteiger partial charge is 0.204 e. The third-order valence-electron chi connectivity index (χ3n) is 1.13. The molecule has 0 aliphatic carbocycles. The van der Waals surface area contributed by atoms with Gasteiger partial charge in [-0.3, -0.25) is 0 Å². The van der Waals surface area contributed by atoms with Crippen LogP contribution in [0.25, 0.3) is 0 Å². The molecule has 0 aliphatic rings. The Bertz CT molecular complexity index is 222. The van der Waals surface area contributed by atoms with Crippen molar-refractivity contribution in [2.45, 2.75) is 13.3 Å². The van der Waals surface area contributed by atoms with Gasteiger partial charge in [0.05, 0.1) is 6.42 Å². The average Bonchev–Trinajstić information content (AvgIpc) is 1.93. The molecule has 1 radical (unpaired) electrons. The zero-order valence-electron chi connectivity index (χ0n) is 6.03. The van der Waals surface area contributed by atoms with Crippen LogP contribution in [0, 0.1) is 13.3 Å². The predicted octanol–water partition coefficient (Wildman–Crippen LogP) is 0.625. The molecule has 0 aliphatic heterocycles. The summed E-state index contributed by atoms with van der Waals surface area (Å²) in [5, 5.41) is 8.30. The van der Waals surface area contributed by atoms with Crippen molar-refractivity contribution in [2.24, 2.45) is 0 Å². The third kappa shape index (κ3) is 2.59. The summed E-state index contributed by atoms with van der Waals surface area (Å²) < 4.78 is 11.9. The Morgan fingerprint density at radius 1 is 1.55 bits per heavy atom. The van der Waals surface area contributed by atoms with Crippen molar-refractivity contribution in [3.05, 3.63) is 30.2 Å². The molecule has 1 aromatic heterocycles. The SMILES string of the molecule is Cc1ncc([CH]C(O)F)cn1. The lowest BCUT2D eigenvalue weighted by Crippen LogP contribution is -2.00. The molecule has 3 nitrogen and oxygen atoms in total. The monoisotopic (exact) mass is 155 g/mol. The second-order valence-corrected chi connectivity index (χ2v) is 2.10. The number of hydrogen-bond acceptors (Lipinski definition) is 3. The molecule has 11 heavy (non-hydrogen) atoms. The minimum Gasteiger partial charge on any atom is -0.364 e. The van der Waals surface area contributed by atoms with Crippen molar-refractivity contribution in [2.75, 3.05) is 0 Å². The fourth-order valence-electron chi connectivity index (χ4n) is 0.647. The van der Waals surface area contributed by atoms with Crippen LogP contribution in [0.15, 0.2) is 12.4 Å². The number of hydrogen-bond donors (Lipinski definition) is 1. The standard InChI is InChI=1S/C7H8FN2O/c1-5-9-3-6(4-10-5)2-7(8)11/h2-4,7,11H,1H3. The number of nitrogens with zero attached hydrogens (tertiary/aromatic N) is 2. The normalized spacial score (nSPS) is 13.0. The van der Waals surface area contributed by atoms with Crippen molar-refractivity contribution < 1.29 is 9.50 Å². The Morgan fingerprint density at radius 2 is 2.09 bits per heavy atom. The lowest BCUT2D eigenvalue weighted by Gasteiger charge is -1.99. The van der Waals surface area contributed by atoms with Gasteiger partial charge in [-0.2, -0.15) is 0 Å². The van der Waals surface area contributed by atoms with Crippen molar-refractivity contribution in [1.29, 1.82) is 0 Å². The molecule has 0 bridgehead atoms. The van der Waals surface area contributed by atoms with Gasteiger partial charge < -0.3 is 5.11 Å². The molecule has 1 atom stereocenters. The minimum atomic E-state index is -1.94. The van der Waals surface area contributed by atoms with E-state index < -0.39 is 6.36 Å². The zero-order valence-corrected chi connectivity index (χ0v) is 6.03. The maximum Gasteiger partial charge on any atom is 0.204 e. The van der Waals surface area contributed by atoms with Gasteiger partial charge in [0.25, 0.3) is 0 Å². The maximum atomic E-state index is 11.9. The highest BCUT2D eigenvalue weighted by Gasteiger charge is 2.02. The number of rotatable bonds is 2. The molecular weight excluding hydrogens is 147 g/mol. The van der Waals surface area contributed by atoms with Gasteiger partial charge in [-0.1, -0.05) is 0 Å². The molecule has 0 aromatic carbocycles. The Hall–Kier alpha value is -1.03. The number of aryl methyl sites for hydroxylation is 1. The highest BCUT2D eigenvalue weighted by atomic mass is 19.1. The fourth-order valence-corrected chi connectivity index (χ4v) is 0.647. The first-order chi connectivity index (χ1) is 5.18. The van der Waals surface area contributed by atoms with E-state index in [0.29, 0.717) is 11.4 Å². The quantitative estimate of drug-likeness (QED) is 0.681. The minimum absolute atomic E-state index is 0.477. The summed E-state index contributed by atoms with van der Waals surface area (Å²) in [6.07, 6.45) is 1.98. The van der Waals surface area contributed by atoms with Gasteiger partial charge in [0.2, 0.25) is 6.36 Å². The molecule has 0 fully saturated rings. The summed E-state index contributed by atoms with van der Waals surface area (Å²) in [6, 6.07) is 0. The summed E-state index contributed by atoms with van der Waals surface area (Å²) >= 11 is 0. The summed E-state index contributed by atoms with van der Waals surface area (Å²) in [5.41, 5.74) is 0.477. The van der Waals surface area contributed by atoms with Crippen LogP contribution in [0.3, 0.4) is 0 Å². The molecule has 0 saturated carbocycles. The Kier molecular flexibility index (Phi) is 2.48. The molecule has 59 valence electrons. The van der Waals surface area contributed by atoms with E-state index in [4.69, 9.17) is 5.11 Å². The van der Waals surface area contributed by atoms with Crippen molar-refractivity contribution in [1.82, 2.24) is 9.97 Å². The van der Waals surface area contributed by atoms with Gasteiger partial charge in [-0.25, -0.2) is 14.4 Å². The first-order valence-electron chi connectivity index (χ1n) is 3.14. The van der Waals surface area contributed by atoms with Crippen molar-refractivity contribution >= 4 is 0 Å². The number of aromatic nitrogens is 2. The highest BCUT2D eigenvalue weighted by Crippen LogP contribution is 2.03. The molecule has 1 N–H and O–H groups in total. The molecule has 0 amide bonds. The first kappa shape index (κ1) is 8.07. The van der Waals surface area contributed by atoms with E-state index in [0.717, 1.165) is 6.42 Å². The van der Waals surface area contributed by atoms with Gasteiger partial charge in [0.1, 0.15) is 5.82 Å². The van der Waals surface area contributed by atoms with Crippen LogP contribution >= 0.6 is 0 Å². The van der Waals surface area contributed by atoms with E-state index in [9.17, 15) is 4.39 Å². The predicted molar refractivity (Wildman–Crippen MR) is 37.3 cm³/mol. The van der Waals surface area contributed by atoms with Gasteiger partial charge in [-0.05, 0) is 12.5 Å². The average molecular weight is 155 g/mol. The van der Waals surface area contributed by atoms with Gasteiger partial charge >= 0.3 is 0 Å². The lowest BCUT2D eigenvalue weighted by molar-refractivity contribution is 0.0759. The van der Waals surface area contributed by atoms with Crippen LogP contribution in [-0.4, -0.2) is 21.4 Å². The topological polar surface area (TPSA) is 46.0 Å². The van der Waals surface area contributed by atoms with E-state index in [-0.39, 0.29) is 0 Å². The van der Waals surface area contributed by atoms with E-state index in [1.165, 1.54) is 12.4 Å². The number of halogens is 1. The summed E-state index contributed by atoms with van der Waals surface area (Å²) in [5.74, 6) is 0.621. The van der Waals surface area contributed by atoms with Crippen LogP contribution in [0.2, 0.25) is 0 Å². The van der Waals surface area contributed by atoms with E-state index >= 15 is 0 Å². The molecule has 1 heterocycles.